The molecule has 0 amide bonds. The van der Waals surface area contributed by atoms with E-state index in [1.165, 1.54) is 5.69 Å². The molecule has 30 heavy (non-hydrogen) atoms. The summed E-state index contributed by atoms with van der Waals surface area (Å²) in [7, 11) is 0. The molecule has 2 N–H and O–H groups in total. The normalized spacial score (nSPS) is 19.1. The number of rotatable bonds is 9. The summed E-state index contributed by atoms with van der Waals surface area (Å²) in [4.78, 5) is 12.1. The Kier molecular flexibility index (Phi) is 10.0. The summed E-state index contributed by atoms with van der Waals surface area (Å²) in [6, 6.07) is 8.16. The fourth-order valence-corrected chi connectivity index (χ4v) is 4.07. The SMILES string of the molecule is CCNC(=NCCCN1CCN(c2cccc(Cl)c2)CC1)NCCN1CCOCC1. The lowest BCUT2D eigenvalue weighted by molar-refractivity contribution is 0.0389. The first-order valence-electron chi connectivity index (χ1n) is 11.3. The number of piperazine rings is 1. The van der Waals surface area contributed by atoms with Crippen LogP contribution in [0.25, 0.3) is 0 Å². The molecular formula is C22H37ClN6O. The second kappa shape index (κ2) is 13.0. The quantitative estimate of drug-likeness (QED) is 0.349. The van der Waals surface area contributed by atoms with Crippen molar-refractivity contribution in [1.29, 1.82) is 0 Å². The van der Waals surface area contributed by atoms with E-state index < -0.39 is 0 Å². The summed E-state index contributed by atoms with van der Waals surface area (Å²) in [6.45, 7) is 14.9. The summed E-state index contributed by atoms with van der Waals surface area (Å²) in [5, 5.41) is 7.62. The van der Waals surface area contributed by atoms with Crippen molar-refractivity contribution in [2.24, 2.45) is 4.99 Å². The second-order valence-electron chi connectivity index (χ2n) is 7.80. The summed E-state index contributed by atoms with van der Waals surface area (Å²) < 4.78 is 5.40. The molecule has 0 saturated carbocycles. The Balaban J connectivity index is 1.31. The van der Waals surface area contributed by atoms with Crippen LogP contribution in [0.2, 0.25) is 5.02 Å². The molecular weight excluding hydrogens is 400 g/mol. The third-order valence-corrected chi connectivity index (χ3v) is 5.85. The first-order chi connectivity index (χ1) is 14.7. The van der Waals surface area contributed by atoms with E-state index in [2.05, 4.69) is 44.4 Å². The number of ether oxygens (including phenoxy) is 1. The van der Waals surface area contributed by atoms with Gasteiger partial charge in [-0.15, -0.1) is 0 Å². The van der Waals surface area contributed by atoms with Crippen molar-refractivity contribution in [3.63, 3.8) is 0 Å². The Hall–Kier alpha value is -1.54. The molecule has 0 atom stereocenters. The average Bonchev–Trinajstić information content (AvgIpc) is 2.78. The molecule has 3 rings (SSSR count). The van der Waals surface area contributed by atoms with Crippen molar-refractivity contribution >= 4 is 23.2 Å². The Labute approximate surface area is 186 Å². The van der Waals surface area contributed by atoms with E-state index in [0.29, 0.717) is 0 Å². The van der Waals surface area contributed by atoms with E-state index in [9.17, 15) is 0 Å². The molecule has 0 unspecified atom stereocenters. The fourth-order valence-electron chi connectivity index (χ4n) is 3.89. The predicted octanol–water partition coefficient (Wildman–Crippen LogP) is 1.74. The van der Waals surface area contributed by atoms with Gasteiger partial charge < -0.3 is 20.3 Å². The van der Waals surface area contributed by atoms with Crippen LogP contribution < -0.4 is 15.5 Å². The van der Waals surface area contributed by atoms with Gasteiger partial charge in [-0.3, -0.25) is 14.8 Å². The number of nitrogens with one attached hydrogen (secondary N) is 2. The number of halogens is 1. The molecule has 8 heteroatoms. The van der Waals surface area contributed by atoms with Crippen molar-refractivity contribution in [2.75, 3.05) is 90.1 Å². The monoisotopic (exact) mass is 436 g/mol. The van der Waals surface area contributed by atoms with Gasteiger partial charge in [-0.2, -0.15) is 0 Å². The van der Waals surface area contributed by atoms with Crippen LogP contribution >= 0.6 is 11.6 Å². The smallest absolute Gasteiger partial charge is 0.191 e. The topological polar surface area (TPSA) is 55.4 Å². The minimum atomic E-state index is 0.808. The molecule has 0 aromatic heterocycles. The van der Waals surface area contributed by atoms with E-state index >= 15 is 0 Å². The van der Waals surface area contributed by atoms with Gasteiger partial charge in [0.15, 0.2) is 5.96 Å². The molecule has 168 valence electrons. The van der Waals surface area contributed by atoms with Crippen LogP contribution in [0.5, 0.6) is 0 Å². The summed E-state index contributed by atoms with van der Waals surface area (Å²) >= 11 is 6.13. The lowest BCUT2D eigenvalue weighted by atomic mass is 10.2. The maximum absolute atomic E-state index is 6.13. The molecule has 0 aliphatic carbocycles. The number of benzene rings is 1. The maximum Gasteiger partial charge on any atom is 0.191 e. The standard InChI is InChI=1S/C22H37ClN6O/c1-2-24-22(26-8-10-28-15-17-30-18-16-28)25-7-4-9-27-11-13-29(14-12-27)21-6-3-5-20(23)19-21/h3,5-6,19H,2,4,7-18H2,1H3,(H2,24,25,26). The molecule has 2 aliphatic rings. The Morgan fingerprint density at radius 1 is 1.03 bits per heavy atom. The maximum atomic E-state index is 6.13. The van der Waals surface area contributed by atoms with Crippen LogP contribution in [0.15, 0.2) is 29.3 Å². The number of hydrogen-bond donors (Lipinski definition) is 2. The summed E-state index contributed by atoms with van der Waals surface area (Å²) in [5.74, 6) is 0.927. The number of nitrogens with zero attached hydrogens (tertiary/aromatic N) is 4. The van der Waals surface area contributed by atoms with Gasteiger partial charge in [0.05, 0.1) is 13.2 Å². The average molecular weight is 437 g/mol. The number of hydrogen-bond acceptors (Lipinski definition) is 5. The Morgan fingerprint density at radius 2 is 1.80 bits per heavy atom. The molecule has 7 nitrogen and oxygen atoms in total. The highest BCUT2D eigenvalue weighted by molar-refractivity contribution is 6.30. The van der Waals surface area contributed by atoms with Crippen molar-refractivity contribution in [1.82, 2.24) is 20.4 Å². The van der Waals surface area contributed by atoms with Crippen LogP contribution in [-0.2, 0) is 4.74 Å². The zero-order valence-electron chi connectivity index (χ0n) is 18.3. The third-order valence-electron chi connectivity index (χ3n) is 5.62. The largest absolute Gasteiger partial charge is 0.379 e. The lowest BCUT2D eigenvalue weighted by Gasteiger charge is -2.36. The van der Waals surface area contributed by atoms with Gasteiger partial charge in [0.2, 0.25) is 0 Å². The van der Waals surface area contributed by atoms with Crippen molar-refractivity contribution in [2.45, 2.75) is 13.3 Å². The highest BCUT2D eigenvalue weighted by Gasteiger charge is 2.17. The number of aliphatic imine (C=N–C) groups is 1. The van der Waals surface area contributed by atoms with Gasteiger partial charge in [-0.25, -0.2) is 0 Å². The van der Waals surface area contributed by atoms with E-state index in [4.69, 9.17) is 21.3 Å². The molecule has 0 bridgehead atoms. The van der Waals surface area contributed by atoms with E-state index in [0.717, 1.165) is 103 Å². The predicted molar refractivity (Wildman–Crippen MR) is 126 cm³/mol. The Bertz CT molecular complexity index is 644. The molecule has 2 heterocycles. The zero-order valence-corrected chi connectivity index (χ0v) is 19.0. The first-order valence-corrected chi connectivity index (χ1v) is 11.7. The van der Waals surface area contributed by atoms with Crippen LogP contribution in [0.1, 0.15) is 13.3 Å². The van der Waals surface area contributed by atoms with Crippen molar-refractivity contribution in [3.05, 3.63) is 29.3 Å². The van der Waals surface area contributed by atoms with Gasteiger partial charge in [-0.05, 0) is 31.5 Å². The second-order valence-corrected chi connectivity index (χ2v) is 8.24. The number of anilines is 1. The zero-order chi connectivity index (χ0) is 21.0. The van der Waals surface area contributed by atoms with Gasteiger partial charge in [-0.1, -0.05) is 17.7 Å². The highest BCUT2D eigenvalue weighted by atomic mass is 35.5. The third kappa shape index (κ3) is 7.95. The van der Waals surface area contributed by atoms with Crippen LogP contribution in [0.3, 0.4) is 0 Å². The van der Waals surface area contributed by atoms with Crippen LogP contribution in [-0.4, -0.2) is 101 Å². The molecule has 2 aliphatic heterocycles. The van der Waals surface area contributed by atoms with E-state index in [-0.39, 0.29) is 0 Å². The molecule has 2 fully saturated rings. The summed E-state index contributed by atoms with van der Waals surface area (Å²) in [6.07, 6.45) is 1.08. The minimum absolute atomic E-state index is 0.808. The van der Waals surface area contributed by atoms with Crippen molar-refractivity contribution in [3.8, 4) is 0 Å². The van der Waals surface area contributed by atoms with Gasteiger partial charge in [0, 0.05) is 82.7 Å². The Morgan fingerprint density at radius 3 is 2.53 bits per heavy atom. The van der Waals surface area contributed by atoms with Crippen LogP contribution in [0.4, 0.5) is 5.69 Å². The molecule has 0 spiro atoms. The molecule has 2 saturated heterocycles. The highest BCUT2D eigenvalue weighted by Crippen LogP contribution is 2.20. The number of guanidine groups is 1. The van der Waals surface area contributed by atoms with E-state index in [1.807, 2.05) is 12.1 Å². The molecule has 1 aromatic carbocycles. The van der Waals surface area contributed by atoms with E-state index in [1.54, 1.807) is 0 Å². The van der Waals surface area contributed by atoms with Gasteiger partial charge in [0.1, 0.15) is 0 Å². The van der Waals surface area contributed by atoms with Gasteiger partial charge >= 0.3 is 0 Å². The molecule has 1 aromatic rings. The minimum Gasteiger partial charge on any atom is -0.379 e. The summed E-state index contributed by atoms with van der Waals surface area (Å²) in [5.41, 5.74) is 1.23. The molecule has 0 radical (unpaired) electrons. The fraction of sp³-hybridized carbons (Fsp3) is 0.682. The van der Waals surface area contributed by atoms with Crippen LogP contribution in [0, 0.1) is 0 Å². The lowest BCUT2D eigenvalue weighted by Crippen LogP contribution is -2.46. The first kappa shape index (κ1) is 23.1. The van der Waals surface area contributed by atoms with Gasteiger partial charge in [0.25, 0.3) is 0 Å². The number of morpholine rings is 1. The van der Waals surface area contributed by atoms with Crippen molar-refractivity contribution < 1.29 is 4.74 Å².